The highest BCUT2D eigenvalue weighted by molar-refractivity contribution is 5.65. The van der Waals surface area contributed by atoms with Gasteiger partial charge >= 0.3 is 6.29 Å². The molecule has 30 heavy (non-hydrogen) atoms. The second-order valence-electron chi connectivity index (χ2n) is 7.82. The van der Waals surface area contributed by atoms with Crippen LogP contribution in [0, 0.1) is 6.92 Å². The molecule has 0 unspecified atom stereocenters. The Hall–Kier alpha value is -3.41. The van der Waals surface area contributed by atoms with Crippen LogP contribution in [0.2, 0.25) is 0 Å². The maximum atomic E-state index is 13.3. The van der Waals surface area contributed by atoms with Gasteiger partial charge in [-0.05, 0) is 55.2 Å². The lowest BCUT2D eigenvalue weighted by Gasteiger charge is -2.20. The molecule has 2 heterocycles. The molecule has 0 spiro atoms. The first-order chi connectivity index (χ1) is 14.3. The van der Waals surface area contributed by atoms with Gasteiger partial charge in [-0.25, -0.2) is 4.98 Å². The zero-order valence-corrected chi connectivity index (χ0v) is 16.4. The van der Waals surface area contributed by atoms with E-state index in [1.165, 1.54) is 11.6 Å². The molecule has 0 amide bonds. The molecule has 1 saturated carbocycles. The molecule has 3 aromatic rings. The third kappa shape index (κ3) is 3.28. The first kappa shape index (κ1) is 18.6. The fourth-order valence-corrected chi connectivity index (χ4v) is 3.87. The molecule has 5 rings (SSSR count). The molecule has 0 bridgehead atoms. The Morgan fingerprint density at radius 1 is 1.00 bits per heavy atom. The second kappa shape index (κ2) is 6.55. The molecule has 1 N–H and O–H groups in total. The molecular weight excluding hydrogens is 386 g/mol. The zero-order valence-electron chi connectivity index (χ0n) is 16.4. The summed E-state index contributed by atoms with van der Waals surface area (Å²) in [5.41, 5.74) is 4.67. The lowest BCUT2D eigenvalue weighted by molar-refractivity contribution is -0.286. The molecule has 6 heteroatoms. The third-order valence-electron chi connectivity index (χ3n) is 5.68. The number of fused-ring (bicyclic) bond motifs is 1. The van der Waals surface area contributed by atoms with Crippen molar-refractivity contribution in [3.05, 3.63) is 84.2 Å². The van der Waals surface area contributed by atoms with E-state index in [0.717, 1.165) is 35.2 Å². The van der Waals surface area contributed by atoms with Crippen LogP contribution in [0.4, 0.5) is 14.6 Å². The summed E-state index contributed by atoms with van der Waals surface area (Å²) >= 11 is 0. The number of allylic oxidation sites excluding steroid dienone is 1. The predicted octanol–water partition coefficient (Wildman–Crippen LogP) is 6.04. The van der Waals surface area contributed by atoms with Gasteiger partial charge in [0.25, 0.3) is 0 Å². The number of hydrogen-bond donors (Lipinski definition) is 1. The monoisotopic (exact) mass is 406 g/mol. The van der Waals surface area contributed by atoms with Crippen LogP contribution in [-0.4, -0.2) is 11.3 Å². The molecule has 4 nitrogen and oxygen atoms in total. The average Bonchev–Trinajstić information content (AvgIpc) is 3.46. The van der Waals surface area contributed by atoms with Crippen LogP contribution in [-0.2, 0) is 5.41 Å². The molecule has 1 aliphatic carbocycles. The van der Waals surface area contributed by atoms with Gasteiger partial charge in [0.15, 0.2) is 11.5 Å². The van der Waals surface area contributed by atoms with Crippen LogP contribution in [0.5, 0.6) is 11.5 Å². The first-order valence-corrected chi connectivity index (χ1v) is 9.75. The van der Waals surface area contributed by atoms with Gasteiger partial charge in [-0.15, -0.1) is 8.78 Å². The van der Waals surface area contributed by atoms with Crippen molar-refractivity contribution in [3.63, 3.8) is 0 Å². The van der Waals surface area contributed by atoms with Gasteiger partial charge < -0.3 is 14.8 Å². The quantitative estimate of drug-likeness (QED) is 0.561. The van der Waals surface area contributed by atoms with E-state index in [1.807, 2.05) is 24.4 Å². The summed E-state index contributed by atoms with van der Waals surface area (Å²) < 4.78 is 35.7. The van der Waals surface area contributed by atoms with Crippen LogP contribution in [0.3, 0.4) is 0 Å². The van der Waals surface area contributed by atoms with E-state index >= 15 is 0 Å². The Morgan fingerprint density at radius 2 is 1.80 bits per heavy atom. The van der Waals surface area contributed by atoms with Crippen LogP contribution in [0.15, 0.2) is 73.1 Å². The van der Waals surface area contributed by atoms with Crippen molar-refractivity contribution in [3.8, 4) is 22.6 Å². The summed E-state index contributed by atoms with van der Waals surface area (Å²) in [6.07, 6.45) is -0.0466. The number of aryl methyl sites for hydroxylation is 1. The largest absolute Gasteiger partial charge is 0.586 e. The maximum absolute atomic E-state index is 13.3. The molecular formula is C24H20F2N2O2. The highest BCUT2D eigenvalue weighted by atomic mass is 19.3. The van der Waals surface area contributed by atoms with Gasteiger partial charge in [0, 0.05) is 22.9 Å². The van der Waals surface area contributed by atoms with E-state index < -0.39 is 6.29 Å². The number of nitrogens with zero attached hydrogens (tertiary/aromatic N) is 1. The minimum Gasteiger partial charge on any atom is -0.395 e. The summed E-state index contributed by atoms with van der Waals surface area (Å²) in [6, 6.07) is 17.1. The number of anilines is 1. The zero-order chi connectivity index (χ0) is 20.9. The van der Waals surface area contributed by atoms with Gasteiger partial charge in [-0.1, -0.05) is 42.5 Å². The lowest BCUT2D eigenvalue weighted by atomic mass is 9.92. The fraction of sp³-hybridized carbons (Fsp3) is 0.208. The highest BCUT2D eigenvalue weighted by Gasteiger charge is 2.49. The Labute approximate surface area is 173 Å². The number of benzene rings is 2. The summed E-state index contributed by atoms with van der Waals surface area (Å²) in [7, 11) is 0. The minimum atomic E-state index is -3.62. The van der Waals surface area contributed by atoms with Gasteiger partial charge in [-0.3, -0.25) is 0 Å². The molecule has 1 aliphatic heterocycles. The average molecular weight is 406 g/mol. The molecule has 0 atom stereocenters. The number of rotatable bonds is 5. The van der Waals surface area contributed by atoms with Crippen molar-refractivity contribution in [2.24, 2.45) is 0 Å². The van der Waals surface area contributed by atoms with Crippen molar-refractivity contribution in [1.29, 1.82) is 0 Å². The van der Waals surface area contributed by atoms with E-state index in [2.05, 4.69) is 51.5 Å². The molecule has 0 radical (unpaired) electrons. The normalized spacial score (nSPS) is 17.4. The van der Waals surface area contributed by atoms with E-state index in [1.54, 1.807) is 12.1 Å². The highest BCUT2D eigenvalue weighted by Crippen LogP contribution is 2.55. The van der Waals surface area contributed by atoms with Crippen molar-refractivity contribution >= 4 is 5.82 Å². The number of nitrogens with one attached hydrogen (secondary N) is 1. The van der Waals surface area contributed by atoms with Gasteiger partial charge in [-0.2, -0.15) is 0 Å². The number of aromatic nitrogens is 1. The smallest absolute Gasteiger partial charge is 0.395 e. The Kier molecular flexibility index (Phi) is 4.07. The van der Waals surface area contributed by atoms with Crippen molar-refractivity contribution in [1.82, 2.24) is 4.98 Å². The number of ether oxygens (including phenoxy) is 2. The maximum Gasteiger partial charge on any atom is 0.586 e. The Morgan fingerprint density at radius 3 is 2.50 bits per heavy atom. The predicted molar refractivity (Wildman–Crippen MR) is 111 cm³/mol. The van der Waals surface area contributed by atoms with E-state index in [0.29, 0.717) is 5.82 Å². The molecule has 1 aromatic heterocycles. The standard InChI is InChI=1S/C24H20F2N2O2/c1-15-4-3-5-17(12-15)18-6-9-22(27-14-18)28-16(2)23(10-11-23)19-7-8-20-21(13-19)30-24(25,26)29-20/h3-9,12-14H,2,10-11H2,1H3,(H,27,28). The van der Waals surface area contributed by atoms with Gasteiger partial charge in [0.2, 0.25) is 0 Å². The fourth-order valence-electron chi connectivity index (χ4n) is 3.87. The first-order valence-electron chi connectivity index (χ1n) is 9.75. The molecule has 2 aliphatic rings. The van der Waals surface area contributed by atoms with Crippen LogP contribution in [0.1, 0.15) is 24.0 Å². The van der Waals surface area contributed by atoms with Crippen molar-refractivity contribution < 1.29 is 18.3 Å². The molecule has 152 valence electrons. The topological polar surface area (TPSA) is 43.4 Å². The van der Waals surface area contributed by atoms with Crippen LogP contribution >= 0.6 is 0 Å². The second-order valence-corrected chi connectivity index (χ2v) is 7.82. The van der Waals surface area contributed by atoms with Gasteiger partial charge in [0.05, 0.1) is 0 Å². The number of pyridine rings is 1. The lowest BCUT2D eigenvalue weighted by Crippen LogP contribution is -2.26. The summed E-state index contributed by atoms with van der Waals surface area (Å²) in [4.78, 5) is 4.52. The Bertz CT molecular complexity index is 1140. The Balaban J connectivity index is 1.33. The molecule has 2 aromatic carbocycles. The summed E-state index contributed by atoms with van der Waals surface area (Å²) in [5, 5.41) is 3.29. The molecule has 0 saturated heterocycles. The van der Waals surface area contributed by atoms with Crippen molar-refractivity contribution in [2.45, 2.75) is 31.5 Å². The molecule has 1 fully saturated rings. The summed E-state index contributed by atoms with van der Waals surface area (Å²) in [5.74, 6) is 0.790. The van der Waals surface area contributed by atoms with Gasteiger partial charge in [0.1, 0.15) is 5.82 Å². The third-order valence-corrected chi connectivity index (χ3v) is 5.68. The van der Waals surface area contributed by atoms with Crippen molar-refractivity contribution in [2.75, 3.05) is 5.32 Å². The van der Waals surface area contributed by atoms with E-state index in [9.17, 15) is 8.78 Å². The van der Waals surface area contributed by atoms with E-state index in [-0.39, 0.29) is 16.9 Å². The van der Waals surface area contributed by atoms with Crippen LogP contribution in [0.25, 0.3) is 11.1 Å². The number of alkyl halides is 2. The SMILES string of the molecule is C=C(Nc1ccc(-c2cccc(C)c2)cn1)C1(c2ccc3c(c2)OC(F)(F)O3)CC1. The summed E-state index contributed by atoms with van der Waals surface area (Å²) in [6.45, 7) is 6.26. The minimum absolute atomic E-state index is 0.0477. The number of halogens is 2. The van der Waals surface area contributed by atoms with Crippen LogP contribution < -0.4 is 14.8 Å². The number of hydrogen-bond acceptors (Lipinski definition) is 4. The van der Waals surface area contributed by atoms with E-state index in [4.69, 9.17) is 0 Å².